The average molecular weight is 318 g/mol. The molecule has 1 aliphatic heterocycles. The number of hydrogen-bond donors (Lipinski definition) is 1. The largest absolute Gasteiger partial charge is 0.493 e. The fourth-order valence-corrected chi connectivity index (χ4v) is 3.15. The number of hydrogen-bond acceptors (Lipinski definition) is 3. The zero-order chi connectivity index (χ0) is 16.8. The first-order valence-corrected chi connectivity index (χ1v) is 8.82. The van der Waals surface area contributed by atoms with E-state index in [-0.39, 0.29) is 11.9 Å². The number of nitrogens with zero attached hydrogens (tertiary/aromatic N) is 1. The summed E-state index contributed by atoms with van der Waals surface area (Å²) in [6.07, 6.45) is 3.02. The number of fused-ring (bicyclic) bond motifs is 1. The van der Waals surface area contributed by atoms with Gasteiger partial charge in [-0.25, -0.2) is 0 Å². The minimum absolute atomic E-state index is 0.0139. The molecule has 4 heteroatoms. The molecule has 1 aromatic rings. The van der Waals surface area contributed by atoms with Gasteiger partial charge in [-0.1, -0.05) is 13.0 Å². The Labute approximate surface area is 140 Å². The molecule has 0 saturated carbocycles. The standard InChI is InChI=1S/C19H30N2O2/c1-5-11-21(14(2)3)13-15(4)20-19(22)17-8-6-10-18-16(17)9-7-12-23-18/h6,8,10,14-15H,5,7,9,11-13H2,1-4H3,(H,20,22). The van der Waals surface area contributed by atoms with Gasteiger partial charge in [0.15, 0.2) is 0 Å². The summed E-state index contributed by atoms with van der Waals surface area (Å²) in [7, 11) is 0. The first-order chi connectivity index (χ1) is 11.0. The van der Waals surface area contributed by atoms with Crippen LogP contribution in [0.25, 0.3) is 0 Å². The number of amides is 1. The topological polar surface area (TPSA) is 41.6 Å². The lowest BCUT2D eigenvalue weighted by molar-refractivity contribution is 0.0921. The molecule has 1 N–H and O–H groups in total. The Bertz CT molecular complexity index is 528. The summed E-state index contributed by atoms with van der Waals surface area (Å²) in [5, 5.41) is 3.15. The Morgan fingerprint density at radius 1 is 1.35 bits per heavy atom. The third-order valence-electron chi connectivity index (χ3n) is 4.33. The van der Waals surface area contributed by atoms with Crippen LogP contribution >= 0.6 is 0 Å². The number of carbonyl (C=O) groups excluding carboxylic acids is 1. The van der Waals surface area contributed by atoms with Gasteiger partial charge >= 0.3 is 0 Å². The lowest BCUT2D eigenvalue weighted by Gasteiger charge is -2.29. The van der Waals surface area contributed by atoms with E-state index >= 15 is 0 Å². The normalized spacial score (nSPS) is 15.2. The molecule has 4 nitrogen and oxygen atoms in total. The summed E-state index contributed by atoms with van der Waals surface area (Å²) in [6.45, 7) is 11.4. The van der Waals surface area contributed by atoms with Gasteiger partial charge in [0, 0.05) is 29.8 Å². The van der Waals surface area contributed by atoms with Gasteiger partial charge in [0.1, 0.15) is 5.75 Å². The summed E-state index contributed by atoms with van der Waals surface area (Å²) in [6, 6.07) is 6.38. The van der Waals surface area contributed by atoms with E-state index in [1.165, 1.54) is 0 Å². The van der Waals surface area contributed by atoms with Crippen LogP contribution in [0.5, 0.6) is 5.75 Å². The summed E-state index contributed by atoms with van der Waals surface area (Å²) in [5.74, 6) is 0.881. The first-order valence-electron chi connectivity index (χ1n) is 8.82. The van der Waals surface area contributed by atoms with E-state index in [4.69, 9.17) is 4.74 Å². The van der Waals surface area contributed by atoms with Crippen LogP contribution in [0.4, 0.5) is 0 Å². The fraction of sp³-hybridized carbons (Fsp3) is 0.632. The molecule has 0 radical (unpaired) electrons. The highest BCUT2D eigenvalue weighted by Gasteiger charge is 2.20. The van der Waals surface area contributed by atoms with E-state index in [0.717, 1.165) is 55.8 Å². The highest BCUT2D eigenvalue weighted by Crippen LogP contribution is 2.27. The molecule has 23 heavy (non-hydrogen) atoms. The number of rotatable bonds is 7. The minimum atomic E-state index is 0.0139. The first kappa shape index (κ1) is 17.8. The molecule has 1 amide bonds. The van der Waals surface area contributed by atoms with Gasteiger partial charge in [-0.3, -0.25) is 9.69 Å². The highest BCUT2D eigenvalue weighted by molar-refractivity contribution is 5.96. The second kappa shape index (κ2) is 8.34. The van der Waals surface area contributed by atoms with E-state index in [2.05, 4.69) is 37.9 Å². The monoisotopic (exact) mass is 318 g/mol. The molecular weight excluding hydrogens is 288 g/mol. The lowest BCUT2D eigenvalue weighted by atomic mass is 9.99. The zero-order valence-corrected chi connectivity index (χ0v) is 14.9. The molecule has 1 aliphatic rings. The number of carbonyl (C=O) groups is 1. The maximum absolute atomic E-state index is 12.7. The number of ether oxygens (including phenoxy) is 1. The Balaban J connectivity index is 2.01. The molecule has 1 heterocycles. The molecule has 2 rings (SSSR count). The summed E-state index contributed by atoms with van der Waals surface area (Å²) >= 11 is 0. The molecule has 128 valence electrons. The van der Waals surface area contributed by atoms with E-state index in [0.29, 0.717) is 6.04 Å². The van der Waals surface area contributed by atoms with Gasteiger partial charge in [-0.2, -0.15) is 0 Å². The summed E-state index contributed by atoms with van der Waals surface area (Å²) < 4.78 is 5.66. The molecule has 0 bridgehead atoms. The van der Waals surface area contributed by atoms with Gasteiger partial charge < -0.3 is 10.1 Å². The van der Waals surface area contributed by atoms with Crippen molar-refractivity contribution in [3.63, 3.8) is 0 Å². The van der Waals surface area contributed by atoms with Crippen LogP contribution in [0, 0.1) is 0 Å². The maximum Gasteiger partial charge on any atom is 0.251 e. The molecule has 0 aliphatic carbocycles. The minimum Gasteiger partial charge on any atom is -0.493 e. The second-order valence-electron chi connectivity index (χ2n) is 6.70. The van der Waals surface area contributed by atoms with Crippen molar-refractivity contribution >= 4 is 5.91 Å². The van der Waals surface area contributed by atoms with Crippen molar-refractivity contribution in [3.8, 4) is 5.75 Å². The molecule has 1 aromatic carbocycles. The molecule has 1 atom stereocenters. The number of nitrogens with one attached hydrogen (secondary N) is 1. The average Bonchev–Trinajstić information content (AvgIpc) is 2.53. The summed E-state index contributed by atoms with van der Waals surface area (Å²) in [5.41, 5.74) is 1.82. The Hall–Kier alpha value is -1.55. The smallest absolute Gasteiger partial charge is 0.251 e. The zero-order valence-electron chi connectivity index (χ0n) is 14.9. The Kier molecular flexibility index (Phi) is 6.46. The van der Waals surface area contributed by atoms with Crippen molar-refractivity contribution in [1.29, 1.82) is 0 Å². The van der Waals surface area contributed by atoms with Crippen molar-refractivity contribution in [2.24, 2.45) is 0 Å². The molecular formula is C19H30N2O2. The second-order valence-corrected chi connectivity index (χ2v) is 6.70. The van der Waals surface area contributed by atoms with Gasteiger partial charge in [0.25, 0.3) is 5.91 Å². The fourth-order valence-electron chi connectivity index (χ4n) is 3.15. The molecule has 0 aromatic heterocycles. The van der Waals surface area contributed by atoms with Gasteiger partial charge in [0.2, 0.25) is 0 Å². The van der Waals surface area contributed by atoms with Crippen LogP contribution in [-0.4, -0.2) is 42.6 Å². The van der Waals surface area contributed by atoms with Gasteiger partial charge in [0.05, 0.1) is 6.61 Å². The van der Waals surface area contributed by atoms with Gasteiger partial charge in [-0.15, -0.1) is 0 Å². The predicted molar refractivity (Wildman–Crippen MR) is 94.2 cm³/mol. The van der Waals surface area contributed by atoms with Crippen molar-refractivity contribution in [2.75, 3.05) is 19.7 Å². The highest BCUT2D eigenvalue weighted by atomic mass is 16.5. The van der Waals surface area contributed by atoms with Crippen molar-refractivity contribution in [2.45, 2.75) is 59.0 Å². The van der Waals surface area contributed by atoms with Gasteiger partial charge in [-0.05, 0) is 58.7 Å². The van der Waals surface area contributed by atoms with Crippen LogP contribution in [0.1, 0.15) is 56.5 Å². The van der Waals surface area contributed by atoms with E-state index in [9.17, 15) is 4.79 Å². The Morgan fingerprint density at radius 3 is 2.83 bits per heavy atom. The molecule has 1 unspecified atom stereocenters. The van der Waals surface area contributed by atoms with Crippen LogP contribution in [0.15, 0.2) is 18.2 Å². The lowest BCUT2D eigenvalue weighted by Crippen LogP contribution is -2.44. The van der Waals surface area contributed by atoms with Crippen LogP contribution in [0.3, 0.4) is 0 Å². The molecule has 0 fully saturated rings. The van der Waals surface area contributed by atoms with Crippen LogP contribution < -0.4 is 10.1 Å². The van der Waals surface area contributed by atoms with Crippen LogP contribution in [-0.2, 0) is 6.42 Å². The third-order valence-corrected chi connectivity index (χ3v) is 4.33. The number of benzene rings is 1. The quantitative estimate of drug-likeness (QED) is 0.839. The van der Waals surface area contributed by atoms with Crippen molar-refractivity contribution < 1.29 is 9.53 Å². The molecule has 0 saturated heterocycles. The Morgan fingerprint density at radius 2 is 2.13 bits per heavy atom. The van der Waals surface area contributed by atoms with E-state index < -0.39 is 0 Å². The molecule has 0 spiro atoms. The SMILES string of the molecule is CCCN(CC(C)NC(=O)c1cccc2c1CCCO2)C(C)C. The van der Waals surface area contributed by atoms with E-state index in [1.807, 2.05) is 18.2 Å². The maximum atomic E-state index is 12.7. The van der Waals surface area contributed by atoms with Crippen molar-refractivity contribution in [3.05, 3.63) is 29.3 Å². The summed E-state index contributed by atoms with van der Waals surface area (Å²) in [4.78, 5) is 15.1. The van der Waals surface area contributed by atoms with E-state index in [1.54, 1.807) is 0 Å². The third kappa shape index (κ3) is 4.71. The predicted octanol–water partition coefficient (Wildman–Crippen LogP) is 3.25. The van der Waals surface area contributed by atoms with Crippen LogP contribution in [0.2, 0.25) is 0 Å². The van der Waals surface area contributed by atoms with Crippen molar-refractivity contribution in [1.82, 2.24) is 10.2 Å².